The molecule has 1 N–H and O–H groups in total. The fraction of sp³-hybridized carbons (Fsp3) is 0.222. The van der Waals surface area contributed by atoms with Gasteiger partial charge in [-0.1, -0.05) is 18.5 Å². The number of rotatable bonds is 5. The number of anilines is 1. The monoisotopic (exact) mass is 359 g/mol. The summed E-state index contributed by atoms with van der Waals surface area (Å²) in [7, 11) is 3.11. The van der Waals surface area contributed by atoms with E-state index in [4.69, 9.17) is 21.1 Å². The molecule has 0 radical (unpaired) electrons. The summed E-state index contributed by atoms with van der Waals surface area (Å²) in [4.78, 5) is 17.4. The molecule has 0 unspecified atom stereocenters. The van der Waals surface area contributed by atoms with Crippen molar-refractivity contribution in [2.75, 3.05) is 19.5 Å². The molecule has 2 aromatic heterocycles. The second kappa shape index (κ2) is 7.03. The molecule has 0 bridgehead atoms. The van der Waals surface area contributed by atoms with Crippen LogP contribution in [-0.4, -0.2) is 29.5 Å². The van der Waals surface area contributed by atoms with Gasteiger partial charge in [0.25, 0.3) is 5.91 Å². The van der Waals surface area contributed by atoms with Crippen LogP contribution in [0.15, 0.2) is 36.5 Å². The highest BCUT2D eigenvalue weighted by Gasteiger charge is 2.20. The molecule has 25 heavy (non-hydrogen) atoms. The lowest BCUT2D eigenvalue weighted by Gasteiger charge is -2.12. The van der Waals surface area contributed by atoms with Crippen LogP contribution in [0.5, 0.6) is 11.5 Å². The van der Waals surface area contributed by atoms with Crippen LogP contribution in [0.4, 0.5) is 5.69 Å². The van der Waals surface area contributed by atoms with E-state index in [9.17, 15) is 4.79 Å². The maximum absolute atomic E-state index is 12.9. The lowest BCUT2D eigenvalue weighted by Crippen LogP contribution is -2.17. The number of hydrogen-bond acceptors (Lipinski definition) is 4. The van der Waals surface area contributed by atoms with Gasteiger partial charge in [-0.2, -0.15) is 0 Å². The highest BCUT2D eigenvalue weighted by atomic mass is 35.5. The Labute approximate surface area is 150 Å². The molecule has 0 aliphatic carbocycles. The van der Waals surface area contributed by atoms with Crippen LogP contribution in [0, 0.1) is 0 Å². The van der Waals surface area contributed by atoms with E-state index in [0.717, 1.165) is 0 Å². The Bertz CT molecular complexity index is 937. The number of carbonyl (C=O) groups excluding carboxylic acids is 1. The molecule has 3 aromatic rings. The summed E-state index contributed by atoms with van der Waals surface area (Å²) in [6.45, 7) is 1.95. The predicted octanol–water partition coefficient (Wildman–Crippen LogP) is 3.82. The summed E-state index contributed by atoms with van der Waals surface area (Å²) in [5.41, 5.74) is 2.32. The first-order chi connectivity index (χ1) is 12.1. The average Bonchev–Trinajstić information content (AvgIpc) is 2.99. The minimum Gasteiger partial charge on any atom is -0.497 e. The zero-order valence-corrected chi connectivity index (χ0v) is 14.9. The van der Waals surface area contributed by atoms with E-state index in [1.807, 2.05) is 6.92 Å². The van der Waals surface area contributed by atoms with Gasteiger partial charge in [-0.05, 0) is 24.6 Å². The number of ether oxygens (including phenoxy) is 2. The van der Waals surface area contributed by atoms with E-state index in [1.165, 1.54) is 0 Å². The first kappa shape index (κ1) is 17.1. The molecule has 3 rings (SSSR count). The van der Waals surface area contributed by atoms with Crippen molar-refractivity contribution < 1.29 is 14.3 Å². The van der Waals surface area contributed by atoms with Gasteiger partial charge in [0, 0.05) is 23.4 Å². The molecule has 0 saturated heterocycles. The SMILES string of the molecule is CCc1nc2cc(Cl)ccn2c1C(=O)Nc1cc(OC)ccc1OC. The van der Waals surface area contributed by atoms with Gasteiger partial charge in [-0.15, -0.1) is 0 Å². The highest BCUT2D eigenvalue weighted by molar-refractivity contribution is 6.30. The quantitative estimate of drug-likeness (QED) is 0.752. The van der Waals surface area contributed by atoms with Crippen LogP contribution < -0.4 is 14.8 Å². The highest BCUT2D eigenvalue weighted by Crippen LogP contribution is 2.29. The first-order valence-corrected chi connectivity index (χ1v) is 8.15. The van der Waals surface area contributed by atoms with Gasteiger partial charge in [-0.25, -0.2) is 4.98 Å². The number of aromatic nitrogens is 2. The Kier molecular flexibility index (Phi) is 4.81. The van der Waals surface area contributed by atoms with Gasteiger partial charge in [0.05, 0.1) is 25.6 Å². The van der Waals surface area contributed by atoms with Crippen molar-refractivity contribution in [3.63, 3.8) is 0 Å². The molecule has 0 aliphatic heterocycles. The van der Waals surface area contributed by atoms with Gasteiger partial charge in [0.1, 0.15) is 22.8 Å². The van der Waals surface area contributed by atoms with E-state index in [-0.39, 0.29) is 5.91 Å². The zero-order chi connectivity index (χ0) is 18.0. The summed E-state index contributed by atoms with van der Waals surface area (Å²) in [5.74, 6) is 0.888. The topological polar surface area (TPSA) is 64.9 Å². The summed E-state index contributed by atoms with van der Waals surface area (Å²) in [6.07, 6.45) is 2.36. The molecule has 0 aliphatic rings. The van der Waals surface area contributed by atoms with Crippen molar-refractivity contribution in [3.8, 4) is 11.5 Å². The Balaban J connectivity index is 2.03. The molecule has 0 spiro atoms. The number of amides is 1. The van der Waals surface area contributed by atoms with E-state index in [1.54, 1.807) is 55.1 Å². The second-order valence-corrected chi connectivity index (χ2v) is 5.79. The number of methoxy groups -OCH3 is 2. The fourth-order valence-corrected chi connectivity index (χ4v) is 2.80. The molecule has 1 aromatic carbocycles. The number of aryl methyl sites for hydroxylation is 1. The molecule has 130 valence electrons. The van der Waals surface area contributed by atoms with Crippen molar-refractivity contribution in [1.29, 1.82) is 0 Å². The Morgan fingerprint density at radius 2 is 2.04 bits per heavy atom. The molecule has 0 atom stereocenters. The maximum atomic E-state index is 12.9. The third kappa shape index (κ3) is 3.25. The van der Waals surface area contributed by atoms with Crippen LogP contribution in [-0.2, 0) is 6.42 Å². The molecule has 7 heteroatoms. The largest absolute Gasteiger partial charge is 0.497 e. The number of carbonyl (C=O) groups is 1. The summed E-state index contributed by atoms with van der Waals surface area (Å²) < 4.78 is 12.3. The van der Waals surface area contributed by atoms with Crippen molar-refractivity contribution in [2.45, 2.75) is 13.3 Å². The van der Waals surface area contributed by atoms with E-state index in [2.05, 4.69) is 10.3 Å². The van der Waals surface area contributed by atoms with Crippen LogP contribution in [0.1, 0.15) is 23.1 Å². The number of hydrogen-bond donors (Lipinski definition) is 1. The molecule has 0 saturated carbocycles. The smallest absolute Gasteiger partial charge is 0.274 e. The fourth-order valence-electron chi connectivity index (χ4n) is 2.65. The zero-order valence-electron chi connectivity index (χ0n) is 14.2. The second-order valence-electron chi connectivity index (χ2n) is 5.35. The Morgan fingerprint density at radius 1 is 1.24 bits per heavy atom. The number of halogens is 1. The number of nitrogens with one attached hydrogen (secondary N) is 1. The van der Waals surface area contributed by atoms with E-state index in [0.29, 0.717) is 45.7 Å². The molecular formula is C18H18ClN3O3. The normalized spacial score (nSPS) is 10.7. The standard InChI is InChI=1S/C18H18ClN3O3/c1-4-13-17(22-8-7-11(19)9-16(22)20-13)18(23)21-14-10-12(24-2)5-6-15(14)25-3/h5-10H,4H2,1-3H3,(H,21,23). The number of imidazole rings is 1. The van der Waals surface area contributed by atoms with Crippen LogP contribution in [0.2, 0.25) is 5.02 Å². The lowest BCUT2D eigenvalue weighted by molar-refractivity contribution is 0.102. The minimum atomic E-state index is -0.279. The van der Waals surface area contributed by atoms with Crippen molar-refractivity contribution in [1.82, 2.24) is 9.38 Å². The van der Waals surface area contributed by atoms with Gasteiger partial charge < -0.3 is 14.8 Å². The Hall–Kier alpha value is -2.73. The molecular weight excluding hydrogens is 342 g/mol. The van der Waals surface area contributed by atoms with Crippen molar-refractivity contribution >= 4 is 28.8 Å². The summed E-state index contributed by atoms with van der Waals surface area (Å²) >= 11 is 6.02. The number of fused-ring (bicyclic) bond motifs is 1. The third-order valence-corrected chi connectivity index (χ3v) is 4.10. The van der Waals surface area contributed by atoms with Gasteiger partial charge in [0.2, 0.25) is 0 Å². The summed E-state index contributed by atoms with van der Waals surface area (Å²) in [5, 5.41) is 3.45. The van der Waals surface area contributed by atoms with Crippen LogP contribution >= 0.6 is 11.6 Å². The van der Waals surface area contributed by atoms with Crippen molar-refractivity contribution in [3.05, 3.63) is 52.9 Å². The summed E-state index contributed by atoms with van der Waals surface area (Å²) in [6, 6.07) is 8.66. The predicted molar refractivity (Wildman–Crippen MR) is 97.1 cm³/mol. The van der Waals surface area contributed by atoms with Gasteiger partial charge in [0.15, 0.2) is 0 Å². The minimum absolute atomic E-state index is 0.279. The number of benzene rings is 1. The maximum Gasteiger partial charge on any atom is 0.274 e. The van der Waals surface area contributed by atoms with E-state index >= 15 is 0 Å². The van der Waals surface area contributed by atoms with Crippen molar-refractivity contribution in [2.24, 2.45) is 0 Å². The third-order valence-electron chi connectivity index (χ3n) is 3.87. The molecule has 2 heterocycles. The van der Waals surface area contributed by atoms with Gasteiger partial charge >= 0.3 is 0 Å². The average molecular weight is 360 g/mol. The van der Waals surface area contributed by atoms with Gasteiger partial charge in [-0.3, -0.25) is 9.20 Å². The molecule has 6 nitrogen and oxygen atoms in total. The van der Waals surface area contributed by atoms with E-state index < -0.39 is 0 Å². The Morgan fingerprint density at radius 3 is 2.72 bits per heavy atom. The lowest BCUT2D eigenvalue weighted by atomic mass is 10.2. The number of nitrogens with zero attached hydrogens (tertiary/aromatic N) is 2. The van der Waals surface area contributed by atoms with Crippen LogP contribution in [0.25, 0.3) is 5.65 Å². The molecule has 1 amide bonds. The number of pyridine rings is 1. The first-order valence-electron chi connectivity index (χ1n) is 7.77. The van der Waals surface area contributed by atoms with Crippen LogP contribution in [0.3, 0.4) is 0 Å². The molecule has 0 fully saturated rings.